The summed E-state index contributed by atoms with van der Waals surface area (Å²) >= 11 is 0. The average Bonchev–Trinajstić information content (AvgIpc) is 2.19. The third-order valence-corrected chi connectivity index (χ3v) is 2.17. The highest BCUT2D eigenvalue weighted by Crippen LogP contribution is 2.12. The van der Waals surface area contributed by atoms with Crippen molar-refractivity contribution in [3.63, 3.8) is 0 Å². The van der Waals surface area contributed by atoms with Crippen molar-refractivity contribution >= 4 is 0 Å². The lowest BCUT2D eigenvalue weighted by Crippen LogP contribution is -2.42. The van der Waals surface area contributed by atoms with Crippen LogP contribution in [0.5, 0.6) is 0 Å². The Kier molecular flexibility index (Phi) is 2.52. The van der Waals surface area contributed by atoms with Gasteiger partial charge in [-0.1, -0.05) is 0 Å². The summed E-state index contributed by atoms with van der Waals surface area (Å²) in [4.78, 5) is 3.82. The van der Waals surface area contributed by atoms with E-state index < -0.39 is 0 Å². The molecule has 4 heteroatoms. The third-order valence-electron chi connectivity index (χ3n) is 2.17. The fourth-order valence-corrected chi connectivity index (χ4v) is 1.51. The molecule has 2 heterocycles. The van der Waals surface area contributed by atoms with Crippen molar-refractivity contribution in [1.82, 2.24) is 15.6 Å². The normalized spacial score (nSPS) is 23.0. The number of rotatable bonds is 1. The maximum absolute atomic E-state index is 12.8. The van der Waals surface area contributed by atoms with E-state index in [1.54, 1.807) is 6.20 Å². The number of nitrogens with zero attached hydrogens (tertiary/aromatic N) is 1. The second-order valence-electron chi connectivity index (χ2n) is 3.15. The van der Waals surface area contributed by atoms with E-state index in [1.165, 1.54) is 12.3 Å². The maximum atomic E-state index is 12.8. The summed E-state index contributed by atoms with van der Waals surface area (Å²) in [6.07, 6.45) is 2.92. The van der Waals surface area contributed by atoms with Crippen LogP contribution in [0, 0.1) is 5.82 Å². The third kappa shape index (κ3) is 2.02. The van der Waals surface area contributed by atoms with Crippen LogP contribution >= 0.6 is 0 Å². The number of pyridine rings is 1. The minimum atomic E-state index is -0.273. The first-order valence-corrected chi connectivity index (χ1v) is 4.41. The standard InChI is InChI=1S/C9H12FN3/c10-8-3-7(4-12-5-8)9-6-11-1-2-13-9/h3-5,9,11,13H,1-2,6H2/t9-/m1/s1. The van der Waals surface area contributed by atoms with Gasteiger partial charge in [0.1, 0.15) is 5.82 Å². The summed E-state index contributed by atoms with van der Waals surface area (Å²) in [5.74, 6) is -0.273. The maximum Gasteiger partial charge on any atom is 0.141 e. The molecule has 1 fully saturated rings. The molecule has 3 nitrogen and oxygen atoms in total. The summed E-state index contributed by atoms with van der Waals surface area (Å²) in [5.41, 5.74) is 0.909. The van der Waals surface area contributed by atoms with Gasteiger partial charge in [0, 0.05) is 31.9 Å². The van der Waals surface area contributed by atoms with Crippen LogP contribution in [-0.4, -0.2) is 24.6 Å². The first kappa shape index (κ1) is 8.59. The van der Waals surface area contributed by atoms with Crippen LogP contribution < -0.4 is 10.6 Å². The van der Waals surface area contributed by atoms with Gasteiger partial charge in [0.25, 0.3) is 0 Å². The van der Waals surface area contributed by atoms with E-state index in [4.69, 9.17) is 0 Å². The molecule has 0 amide bonds. The highest BCUT2D eigenvalue weighted by molar-refractivity contribution is 5.16. The summed E-state index contributed by atoms with van der Waals surface area (Å²) in [7, 11) is 0. The van der Waals surface area contributed by atoms with Gasteiger partial charge in [0.15, 0.2) is 0 Å². The van der Waals surface area contributed by atoms with E-state index in [0.717, 1.165) is 25.2 Å². The lowest BCUT2D eigenvalue weighted by molar-refractivity contribution is 0.427. The van der Waals surface area contributed by atoms with Crippen molar-refractivity contribution in [2.45, 2.75) is 6.04 Å². The van der Waals surface area contributed by atoms with Gasteiger partial charge in [0.2, 0.25) is 0 Å². The summed E-state index contributed by atoms with van der Waals surface area (Å²) in [6.45, 7) is 2.73. The van der Waals surface area contributed by atoms with Gasteiger partial charge >= 0.3 is 0 Å². The lowest BCUT2D eigenvalue weighted by atomic mass is 10.1. The molecule has 0 bridgehead atoms. The predicted molar refractivity (Wildman–Crippen MR) is 47.8 cm³/mol. The van der Waals surface area contributed by atoms with Gasteiger partial charge in [0.05, 0.1) is 6.20 Å². The number of piperazine rings is 1. The number of nitrogens with one attached hydrogen (secondary N) is 2. The topological polar surface area (TPSA) is 37.0 Å². The highest BCUT2D eigenvalue weighted by Gasteiger charge is 2.14. The van der Waals surface area contributed by atoms with Gasteiger partial charge in [-0.2, -0.15) is 0 Å². The van der Waals surface area contributed by atoms with Crippen molar-refractivity contribution in [2.24, 2.45) is 0 Å². The molecule has 0 radical (unpaired) electrons. The lowest BCUT2D eigenvalue weighted by Gasteiger charge is -2.24. The van der Waals surface area contributed by atoms with E-state index >= 15 is 0 Å². The van der Waals surface area contributed by atoms with E-state index in [9.17, 15) is 4.39 Å². The van der Waals surface area contributed by atoms with Crippen LogP contribution in [0.15, 0.2) is 18.5 Å². The SMILES string of the molecule is Fc1cncc([C@H]2CNCCN2)c1. The largest absolute Gasteiger partial charge is 0.314 e. The summed E-state index contributed by atoms with van der Waals surface area (Å²) < 4.78 is 12.8. The van der Waals surface area contributed by atoms with Gasteiger partial charge in [-0.15, -0.1) is 0 Å². The Morgan fingerprint density at radius 3 is 3.00 bits per heavy atom. The van der Waals surface area contributed by atoms with Crippen molar-refractivity contribution in [3.05, 3.63) is 29.8 Å². The molecule has 1 aromatic rings. The molecule has 1 aromatic heterocycles. The zero-order valence-corrected chi connectivity index (χ0v) is 7.26. The second-order valence-corrected chi connectivity index (χ2v) is 3.15. The molecule has 0 saturated carbocycles. The van der Waals surface area contributed by atoms with Crippen LogP contribution in [0.2, 0.25) is 0 Å². The molecular weight excluding hydrogens is 169 g/mol. The minimum Gasteiger partial charge on any atom is -0.314 e. The number of aromatic nitrogens is 1. The van der Waals surface area contributed by atoms with Crippen LogP contribution in [-0.2, 0) is 0 Å². The van der Waals surface area contributed by atoms with Crippen LogP contribution in [0.4, 0.5) is 4.39 Å². The first-order valence-electron chi connectivity index (χ1n) is 4.41. The van der Waals surface area contributed by atoms with Crippen molar-refractivity contribution < 1.29 is 4.39 Å². The molecule has 1 aliphatic rings. The zero-order valence-electron chi connectivity index (χ0n) is 7.26. The first-order chi connectivity index (χ1) is 6.36. The molecule has 2 rings (SSSR count). The van der Waals surface area contributed by atoms with Crippen LogP contribution in [0.1, 0.15) is 11.6 Å². The number of halogens is 1. The molecule has 0 unspecified atom stereocenters. The Morgan fingerprint density at radius 1 is 1.38 bits per heavy atom. The zero-order chi connectivity index (χ0) is 9.10. The fraction of sp³-hybridized carbons (Fsp3) is 0.444. The Labute approximate surface area is 76.4 Å². The van der Waals surface area contributed by atoms with E-state index in [1.807, 2.05) is 0 Å². The summed E-state index contributed by atoms with van der Waals surface area (Å²) in [6, 6.07) is 1.72. The van der Waals surface area contributed by atoms with Gasteiger partial charge in [-0.25, -0.2) is 4.39 Å². The Bertz CT molecular complexity index is 284. The van der Waals surface area contributed by atoms with Gasteiger partial charge in [-0.3, -0.25) is 4.98 Å². The number of hydrogen-bond acceptors (Lipinski definition) is 3. The Balaban J connectivity index is 2.14. The van der Waals surface area contributed by atoms with E-state index in [0.29, 0.717) is 0 Å². The Hall–Kier alpha value is -1.00. The molecule has 1 atom stereocenters. The fourth-order valence-electron chi connectivity index (χ4n) is 1.51. The smallest absolute Gasteiger partial charge is 0.141 e. The Morgan fingerprint density at radius 2 is 2.31 bits per heavy atom. The monoisotopic (exact) mass is 181 g/mol. The summed E-state index contributed by atoms with van der Waals surface area (Å²) in [5, 5.41) is 6.53. The molecule has 1 saturated heterocycles. The van der Waals surface area contributed by atoms with E-state index in [2.05, 4.69) is 15.6 Å². The molecule has 2 N–H and O–H groups in total. The van der Waals surface area contributed by atoms with Gasteiger partial charge < -0.3 is 10.6 Å². The molecule has 0 aliphatic carbocycles. The van der Waals surface area contributed by atoms with Crippen LogP contribution in [0.25, 0.3) is 0 Å². The molecule has 13 heavy (non-hydrogen) atoms. The predicted octanol–water partition coefficient (Wildman–Crippen LogP) is 0.455. The number of hydrogen-bond donors (Lipinski definition) is 2. The van der Waals surface area contributed by atoms with Crippen molar-refractivity contribution in [3.8, 4) is 0 Å². The average molecular weight is 181 g/mol. The van der Waals surface area contributed by atoms with Gasteiger partial charge in [-0.05, 0) is 11.6 Å². The van der Waals surface area contributed by atoms with Crippen LogP contribution in [0.3, 0.4) is 0 Å². The second kappa shape index (κ2) is 3.81. The molecule has 70 valence electrons. The van der Waals surface area contributed by atoms with Crippen molar-refractivity contribution in [1.29, 1.82) is 0 Å². The van der Waals surface area contributed by atoms with Crippen molar-refractivity contribution in [2.75, 3.05) is 19.6 Å². The van der Waals surface area contributed by atoms with E-state index in [-0.39, 0.29) is 11.9 Å². The molecular formula is C9H12FN3. The molecule has 1 aliphatic heterocycles. The quantitative estimate of drug-likeness (QED) is 0.660. The molecule has 0 aromatic carbocycles. The molecule has 0 spiro atoms. The minimum absolute atomic E-state index is 0.192. The highest BCUT2D eigenvalue weighted by atomic mass is 19.1.